The lowest BCUT2D eigenvalue weighted by molar-refractivity contribution is 0.552. The van der Waals surface area contributed by atoms with Gasteiger partial charge < -0.3 is 9.88 Å². The summed E-state index contributed by atoms with van der Waals surface area (Å²) < 4.78 is 2.36. The summed E-state index contributed by atoms with van der Waals surface area (Å²) in [5, 5.41) is 4.23. The highest BCUT2D eigenvalue weighted by atomic mass is 35.5. The first-order valence-electron chi connectivity index (χ1n) is 6.55. The number of hydrogen-bond acceptors (Lipinski definition) is 2. The minimum atomic E-state index is 0.473. The van der Waals surface area contributed by atoms with E-state index < -0.39 is 0 Å². The minimum Gasteiger partial charge on any atom is -0.324 e. The van der Waals surface area contributed by atoms with Crippen LogP contribution in [0.1, 0.15) is 38.6 Å². The number of halogens is 1. The lowest BCUT2D eigenvalue weighted by Crippen LogP contribution is -2.23. The largest absolute Gasteiger partial charge is 0.324 e. The number of nitrogens with zero attached hydrogens (tertiary/aromatic N) is 2. The zero-order chi connectivity index (χ0) is 12.7. The maximum absolute atomic E-state index is 6.10. The van der Waals surface area contributed by atoms with Crippen LogP contribution in [0.15, 0.2) is 18.2 Å². The second kappa shape index (κ2) is 4.56. The molecule has 3 nitrogen and oxygen atoms in total. The van der Waals surface area contributed by atoms with Gasteiger partial charge in [0, 0.05) is 17.1 Å². The van der Waals surface area contributed by atoms with E-state index in [1.165, 1.54) is 18.4 Å². The van der Waals surface area contributed by atoms with E-state index in [2.05, 4.69) is 23.7 Å². The second-order valence-electron chi connectivity index (χ2n) is 5.30. The predicted octanol–water partition coefficient (Wildman–Crippen LogP) is 3.52. The van der Waals surface area contributed by atoms with Crippen LogP contribution in [0.5, 0.6) is 0 Å². The van der Waals surface area contributed by atoms with Gasteiger partial charge in [-0.05, 0) is 31.0 Å². The summed E-state index contributed by atoms with van der Waals surface area (Å²) in [7, 11) is 0. The fourth-order valence-electron chi connectivity index (χ4n) is 2.28. The summed E-state index contributed by atoms with van der Waals surface area (Å²) in [5.74, 6) is 1.13. The third kappa shape index (κ3) is 2.25. The Kier molecular flexibility index (Phi) is 3.04. The van der Waals surface area contributed by atoms with Crippen LogP contribution < -0.4 is 5.32 Å². The van der Waals surface area contributed by atoms with Gasteiger partial charge in [-0.3, -0.25) is 0 Å². The molecule has 2 aromatic rings. The van der Waals surface area contributed by atoms with Gasteiger partial charge in [0.1, 0.15) is 5.82 Å². The molecule has 1 aliphatic rings. The van der Waals surface area contributed by atoms with Crippen molar-refractivity contribution >= 4 is 22.6 Å². The van der Waals surface area contributed by atoms with Crippen LogP contribution in [-0.4, -0.2) is 15.6 Å². The molecule has 0 bridgehead atoms. The van der Waals surface area contributed by atoms with Crippen LogP contribution in [0, 0.1) is 0 Å². The molecule has 1 aromatic carbocycles. The van der Waals surface area contributed by atoms with Crippen molar-refractivity contribution < 1.29 is 0 Å². The Bertz CT molecular complexity index is 570. The monoisotopic (exact) mass is 263 g/mol. The van der Waals surface area contributed by atoms with Crippen LogP contribution in [0.3, 0.4) is 0 Å². The van der Waals surface area contributed by atoms with E-state index in [0.29, 0.717) is 12.1 Å². The van der Waals surface area contributed by atoms with Crippen molar-refractivity contribution in [3.8, 4) is 0 Å². The number of nitrogens with one attached hydrogen (secondary N) is 1. The molecule has 1 heterocycles. The SMILES string of the molecule is CC(C)NCc1nc2ccc(Cl)cc2n1C1CC1. The Balaban J connectivity index is 2.04. The Morgan fingerprint density at radius 1 is 1.44 bits per heavy atom. The number of aromatic nitrogens is 2. The smallest absolute Gasteiger partial charge is 0.124 e. The molecule has 18 heavy (non-hydrogen) atoms. The second-order valence-corrected chi connectivity index (χ2v) is 5.73. The first-order chi connectivity index (χ1) is 8.65. The summed E-state index contributed by atoms with van der Waals surface area (Å²) in [6.07, 6.45) is 2.51. The topological polar surface area (TPSA) is 29.9 Å². The van der Waals surface area contributed by atoms with E-state index in [-0.39, 0.29) is 0 Å². The molecule has 1 aromatic heterocycles. The average Bonchev–Trinajstić information content (AvgIpc) is 3.08. The predicted molar refractivity (Wildman–Crippen MR) is 75.0 cm³/mol. The van der Waals surface area contributed by atoms with E-state index in [9.17, 15) is 0 Å². The van der Waals surface area contributed by atoms with Crippen LogP contribution in [-0.2, 0) is 6.54 Å². The van der Waals surface area contributed by atoms with Crippen molar-refractivity contribution in [2.45, 2.75) is 45.3 Å². The number of fused-ring (bicyclic) bond motifs is 1. The average molecular weight is 264 g/mol. The van der Waals surface area contributed by atoms with Gasteiger partial charge in [0.2, 0.25) is 0 Å². The van der Waals surface area contributed by atoms with E-state index in [0.717, 1.165) is 22.9 Å². The highest BCUT2D eigenvalue weighted by Crippen LogP contribution is 2.39. The van der Waals surface area contributed by atoms with Crippen LogP contribution in [0.25, 0.3) is 11.0 Å². The molecule has 3 rings (SSSR count). The molecule has 96 valence electrons. The fraction of sp³-hybridized carbons (Fsp3) is 0.500. The molecule has 0 atom stereocenters. The zero-order valence-electron chi connectivity index (χ0n) is 10.8. The summed E-state index contributed by atoms with van der Waals surface area (Å²) >= 11 is 6.10. The van der Waals surface area contributed by atoms with Gasteiger partial charge in [0.05, 0.1) is 17.6 Å². The van der Waals surface area contributed by atoms with E-state index in [1.807, 2.05) is 18.2 Å². The lowest BCUT2D eigenvalue weighted by Gasteiger charge is -2.10. The molecule has 1 N–H and O–H groups in total. The van der Waals surface area contributed by atoms with E-state index in [4.69, 9.17) is 16.6 Å². The molecular weight excluding hydrogens is 246 g/mol. The Hall–Kier alpha value is -1.06. The van der Waals surface area contributed by atoms with Gasteiger partial charge in [0.25, 0.3) is 0 Å². The molecule has 0 spiro atoms. The van der Waals surface area contributed by atoms with Gasteiger partial charge >= 0.3 is 0 Å². The highest BCUT2D eigenvalue weighted by molar-refractivity contribution is 6.31. The highest BCUT2D eigenvalue weighted by Gasteiger charge is 2.28. The molecule has 0 unspecified atom stereocenters. The Labute approximate surface area is 112 Å². The normalized spacial score (nSPS) is 15.8. The minimum absolute atomic E-state index is 0.473. The maximum Gasteiger partial charge on any atom is 0.124 e. The third-order valence-electron chi connectivity index (χ3n) is 3.31. The number of benzene rings is 1. The van der Waals surface area contributed by atoms with Crippen LogP contribution >= 0.6 is 11.6 Å². The van der Waals surface area contributed by atoms with Gasteiger partial charge in [0.15, 0.2) is 0 Å². The van der Waals surface area contributed by atoms with Crippen LogP contribution in [0.4, 0.5) is 0 Å². The molecule has 4 heteroatoms. The molecule has 0 radical (unpaired) electrons. The van der Waals surface area contributed by atoms with Crippen LogP contribution in [0.2, 0.25) is 5.02 Å². The lowest BCUT2D eigenvalue weighted by atomic mass is 10.3. The Morgan fingerprint density at radius 3 is 2.89 bits per heavy atom. The van der Waals surface area contributed by atoms with Crippen molar-refractivity contribution in [3.05, 3.63) is 29.0 Å². The van der Waals surface area contributed by atoms with Crippen molar-refractivity contribution in [1.29, 1.82) is 0 Å². The maximum atomic E-state index is 6.10. The van der Waals surface area contributed by atoms with Crippen molar-refractivity contribution in [2.24, 2.45) is 0 Å². The number of hydrogen-bond donors (Lipinski definition) is 1. The zero-order valence-corrected chi connectivity index (χ0v) is 11.5. The van der Waals surface area contributed by atoms with Crippen molar-refractivity contribution in [2.75, 3.05) is 0 Å². The first kappa shape index (κ1) is 12.0. The molecule has 1 aliphatic carbocycles. The van der Waals surface area contributed by atoms with Crippen molar-refractivity contribution in [1.82, 2.24) is 14.9 Å². The van der Waals surface area contributed by atoms with Gasteiger partial charge in [-0.2, -0.15) is 0 Å². The molecule has 0 saturated heterocycles. The summed E-state index contributed by atoms with van der Waals surface area (Å²) in [4.78, 5) is 4.73. The standard InChI is InChI=1S/C14H18ClN3/c1-9(2)16-8-14-17-12-6-3-10(15)7-13(12)18(14)11-4-5-11/h3,6-7,9,11,16H,4-5,8H2,1-2H3. The van der Waals surface area contributed by atoms with Gasteiger partial charge in [-0.1, -0.05) is 25.4 Å². The first-order valence-corrected chi connectivity index (χ1v) is 6.92. The van der Waals surface area contributed by atoms with Crippen molar-refractivity contribution in [3.63, 3.8) is 0 Å². The molecule has 0 aliphatic heterocycles. The summed E-state index contributed by atoms with van der Waals surface area (Å²) in [5.41, 5.74) is 2.22. The summed E-state index contributed by atoms with van der Waals surface area (Å²) in [6, 6.07) is 7.04. The molecular formula is C14H18ClN3. The quantitative estimate of drug-likeness (QED) is 0.915. The fourth-order valence-corrected chi connectivity index (χ4v) is 2.44. The third-order valence-corrected chi connectivity index (χ3v) is 3.54. The van der Waals surface area contributed by atoms with E-state index >= 15 is 0 Å². The Morgan fingerprint density at radius 2 is 2.22 bits per heavy atom. The van der Waals surface area contributed by atoms with E-state index in [1.54, 1.807) is 0 Å². The molecule has 0 amide bonds. The molecule has 1 fully saturated rings. The van der Waals surface area contributed by atoms with Gasteiger partial charge in [-0.25, -0.2) is 4.98 Å². The number of rotatable bonds is 4. The summed E-state index contributed by atoms with van der Waals surface area (Å²) in [6.45, 7) is 5.13. The van der Waals surface area contributed by atoms with Gasteiger partial charge in [-0.15, -0.1) is 0 Å². The molecule has 1 saturated carbocycles. The number of imidazole rings is 1.